The molecule has 7 heteroatoms. The first-order chi connectivity index (χ1) is 14.4. The van der Waals surface area contributed by atoms with Gasteiger partial charge in [-0.2, -0.15) is 0 Å². The number of hydrogen-bond acceptors (Lipinski definition) is 5. The summed E-state index contributed by atoms with van der Waals surface area (Å²) >= 11 is 0. The third-order valence-corrected chi connectivity index (χ3v) is 6.89. The normalized spacial score (nSPS) is 15.4. The van der Waals surface area contributed by atoms with Crippen LogP contribution in [0.1, 0.15) is 24.5 Å². The van der Waals surface area contributed by atoms with Gasteiger partial charge < -0.3 is 14.5 Å². The van der Waals surface area contributed by atoms with E-state index in [9.17, 15) is 8.42 Å². The van der Waals surface area contributed by atoms with Gasteiger partial charge in [-0.3, -0.25) is 0 Å². The molecule has 1 N–H and O–H groups in total. The lowest BCUT2D eigenvalue weighted by Gasteiger charge is -2.34. The van der Waals surface area contributed by atoms with E-state index in [0.717, 1.165) is 49.5 Å². The number of hydrogen-bond donors (Lipinski definition) is 1. The van der Waals surface area contributed by atoms with Crippen LogP contribution in [-0.2, 0) is 16.4 Å². The maximum atomic E-state index is 12.6. The predicted octanol–water partition coefficient (Wildman–Crippen LogP) is 3.06. The molecule has 2 aromatic carbocycles. The smallest absolute Gasteiger partial charge is 0.240 e. The van der Waals surface area contributed by atoms with Gasteiger partial charge in [0.25, 0.3) is 0 Å². The number of nitrogens with zero attached hydrogens (tertiary/aromatic N) is 2. The minimum absolute atomic E-state index is 0.272. The molecule has 0 unspecified atom stereocenters. The Hall–Kier alpha value is -2.09. The first-order valence-corrected chi connectivity index (χ1v) is 12.1. The van der Waals surface area contributed by atoms with Crippen LogP contribution < -0.4 is 14.4 Å². The molecule has 2 aromatic rings. The first kappa shape index (κ1) is 22.6. The molecule has 0 atom stereocenters. The molecule has 3 rings (SSSR count). The Labute approximate surface area is 180 Å². The van der Waals surface area contributed by atoms with Crippen molar-refractivity contribution in [3.63, 3.8) is 0 Å². The van der Waals surface area contributed by atoms with Crippen molar-refractivity contribution in [2.45, 2.75) is 31.6 Å². The third-order valence-electron chi connectivity index (χ3n) is 5.43. The lowest BCUT2D eigenvalue weighted by Crippen LogP contribution is -2.44. The summed E-state index contributed by atoms with van der Waals surface area (Å²) in [7, 11) is -1.39. The molecule has 1 fully saturated rings. The largest absolute Gasteiger partial charge is 0.493 e. The monoisotopic (exact) mass is 431 g/mol. The first-order valence-electron chi connectivity index (χ1n) is 10.6. The highest BCUT2D eigenvalue weighted by Gasteiger charge is 2.16. The molecule has 0 saturated carbocycles. The number of piperazine rings is 1. The molecule has 0 radical (unpaired) electrons. The Balaban J connectivity index is 1.53. The van der Waals surface area contributed by atoms with Gasteiger partial charge in [0, 0.05) is 38.4 Å². The summed E-state index contributed by atoms with van der Waals surface area (Å²) < 4.78 is 33.6. The number of sulfonamides is 1. The highest BCUT2D eigenvalue weighted by atomic mass is 32.2. The number of benzene rings is 2. The maximum Gasteiger partial charge on any atom is 0.240 e. The van der Waals surface area contributed by atoms with Gasteiger partial charge in [-0.1, -0.05) is 19.1 Å². The second-order valence-corrected chi connectivity index (χ2v) is 9.65. The van der Waals surface area contributed by atoms with Crippen molar-refractivity contribution in [3.05, 3.63) is 53.6 Å². The van der Waals surface area contributed by atoms with Crippen molar-refractivity contribution < 1.29 is 13.2 Å². The van der Waals surface area contributed by atoms with Crippen LogP contribution in [-0.4, -0.2) is 59.7 Å². The van der Waals surface area contributed by atoms with E-state index < -0.39 is 10.0 Å². The van der Waals surface area contributed by atoms with E-state index in [1.54, 1.807) is 18.2 Å². The molecule has 0 aliphatic carbocycles. The van der Waals surface area contributed by atoms with Gasteiger partial charge in [0.1, 0.15) is 5.75 Å². The minimum Gasteiger partial charge on any atom is -0.493 e. The molecule has 0 aromatic heterocycles. The van der Waals surface area contributed by atoms with Crippen LogP contribution in [0.25, 0.3) is 0 Å². The van der Waals surface area contributed by atoms with Crippen LogP contribution in [0.15, 0.2) is 47.4 Å². The van der Waals surface area contributed by atoms with Crippen molar-refractivity contribution in [2.24, 2.45) is 0 Å². The lowest BCUT2D eigenvalue weighted by atomic mass is 10.1. The van der Waals surface area contributed by atoms with Gasteiger partial charge in [0.2, 0.25) is 10.0 Å². The molecule has 1 aliphatic rings. The molecule has 1 heterocycles. The summed E-state index contributed by atoms with van der Waals surface area (Å²) in [5, 5.41) is 0. The highest BCUT2D eigenvalue weighted by Crippen LogP contribution is 2.22. The number of nitrogens with one attached hydrogen (secondary N) is 1. The molecule has 30 heavy (non-hydrogen) atoms. The van der Waals surface area contributed by atoms with E-state index >= 15 is 0 Å². The zero-order valence-corrected chi connectivity index (χ0v) is 19.0. The van der Waals surface area contributed by atoms with E-state index in [1.165, 1.54) is 5.69 Å². The lowest BCUT2D eigenvalue weighted by molar-refractivity contribution is 0.313. The molecule has 0 bridgehead atoms. The Morgan fingerprint density at radius 3 is 2.37 bits per heavy atom. The van der Waals surface area contributed by atoms with Gasteiger partial charge in [0.15, 0.2) is 0 Å². The molecule has 1 aliphatic heterocycles. The fourth-order valence-electron chi connectivity index (χ4n) is 3.51. The summed E-state index contributed by atoms with van der Waals surface area (Å²) in [6, 6.07) is 13.4. The fourth-order valence-corrected chi connectivity index (χ4v) is 4.63. The van der Waals surface area contributed by atoms with E-state index in [1.807, 2.05) is 13.8 Å². The van der Waals surface area contributed by atoms with Crippen molar-refractivity contribution in [3.8, 4) is 5.75 Å². The second kappa shape index (κ2) is 10.3. The number of ether oxygens (including phenoxy) is 1. The number of rotatable bonds is 9. The summed E-state index contributed by atoms with van der Waals surface area (Å²) in [6.45, 7) is 9.13. The molecule has 0 spiro atoms. The van der Waals surface area contributed by atoms with Crippen LogP contribution >= 0.6 is 0 Å². The molecule has 6 nitrogen and oxygen atoms in total. The van der Waals surface area contributed by atoms with Crippen LogP contribution in [0.3, 0.4) is 0 Å². The summed E-state index contributed by atoms with van der Waals surface area (Å²) in [6.07, 6.45) is 1.57. The minimum atomic E-state index is -3.54. The van der Waals surface area contributed by atoms with Crippen molar-refractivity contribution >= 4 is 15.7 Å². The van der Waals surface area contributed by atoms with E-state index in [2.05, 4.69) is 45.8 Å². The summed E-state index contributed by atoms with van der Waals surface area (Å²) in [4.78, 5) is 5.00. The SMILES string of the molecule is CCCOc1ccc(S(=O)(=O)NCCc2ccc(N3CCN(C)CC3)cc2)cc1C. The highest BCUT2D eigenvalue weighted by molar-refractivity contribution is 7.89. The van der Waals surface area contributed by atoms with Crippen LogP contribution in [0.4, 0.5) is 5.69 Å². The Morgan fingerprint density at radius 2 is 1.73 bits per heavy atom. The zero-order chi connectivity index (χ0) is 21.6. The molecule has 0 amide bonds. The van der Waals surface area contributed by atoms with Crippen molar-refractivity contribution in [2.75, 3.05) is 51.3 Å². The van der Waals surface area contributed by atoms with Crippen LogP contribution in [0.2, 0.25) is 0 Å². The van der Waals surface area contributed by atoms with Gasteiger partial charge >= 0.3 is 0 Å². The van der Waals surface area contributed by atoms with Crippen molar-refractivity contribution in [1.82, 2.24) is 9.62 Å². The Bertz CT molecular complexity index is 921. The van der Waals surface area contributed by atoms with E-state index in [0.29, 0.717) is 19.6 Å². The summed E-state index contributed by atoms with van der Waals surface area (Å²) in [5.74, 6) is 0.733. The second-order valence-electron chi connectivity index (χ2n) is 7.88. The topological polar surface area (TPSA) is 61.9 Å². The number of aryl methyl sites for hydroxylation is 1. The van der Waals surface area contributed by atoms with Gasteiger partial charge in [-0.15, -0.1) is 0 Å². The van der Waals surface area contributed by atoms with Gasteiger partial charge in [-0.05, 0) is 68.3 Å². The fraction of sp³-hybridized carbons (Fsp3) is 0.478. The molecular weight excluding hydrogens is 398 g/mol. The Morgan fingerprint density at radius 1 is 1.03 bits per heavy atom. The molecule has 1 saturated heterocycles. The van der Waals surface area contributed by atoms with E-state index in [4.69, 9.17) is 4.74 Å². The van der Waals surface area contributed by atoms with Crippen LogP contribution in [0.5, 0.6) is 5.75 Å². The van der Waals surface area contributed by atoms with Gasteiger partial charge in [-0.25, -0.2) is 13.1 Å². The number of anilines is 1. The Kier molecular flexibility index (Phi) is 7.75. The quantitative estimate of drug-likeness (QED) is 0.661. The maximum absolute atomic E-state index is 12.6. The van der Waals surface area contributed by atoms with Crippen LogP contribution in [0, 0.1) is 6.92 Å². The predicted molar refractivity (Wildman–Crippen MR) is 122 cm³/mol. The summed E-state index contributed by atoms with van der Waals surface area (Å²) in [5.41, 5.74) is 3.18. The zero-order valence-electron chi connectivity index (χ0n) is 18.2. The van der Waals surface area contributed by atoms with Gasteiger partial charge in [0.05, 0.1) is 11.5 Å². The van der Waals surface area contributed by atoms with E-state index in [-0.39, 0.29) is 4.90 Å². The average molecular weight is 432 g/mol. The average Bonchev–Trinajstić information content (AvgIpc) is 2.74. The molecule has 164 valence electrons. The molecular formula is C23H33N3O3S. The number of likely N-dealkylation sites (N-methyl/N-ethyl adjacent to an activating group) is 1. The van der Waals surface area contributed by atoms with Crippen molar-refractivity contribution in [1.29, 1.82) is 0 Å². The standard InChI is InChI=1S/C23H33N3O3S/c1-4-17-29-23-10-9-22(18-19(23)2)30(27,28)24-12-11-20-5-7-21(8-6-20)26-15-13-25(3)14-16-26/h5-10,18,24H,4,11-17H2,1-3H3. The third kappa shape index (κ3) is 5.97.